The molecule has 1 aliphatic carbocycles. The van der Waals surface area contributed by atoms with Crippen LogP contribution in [0.4, 0.5) is 5.13 Å². The van der Waals surface area contributed by atoms with Gasteiger partial charge in [0.25, 0.3) is 0 Å². The minimum atomic E-state index is 0.303. The zero-order valence-electron chi connectivity index (χ0n) is 9.53. The van der Waals surface area contributed by atoms with Crippen molar-refractivity contribution in [3.05, 3.63) is 10.6 Å². The van der Waals surface area contributed by atoms with E-state index < -0.39 is 0 Å². The number of hydrogen-bond donors (Lipinski definition) is 0. The van der Waals surface area contributed by atoms with E-state index in [1.807, 2.05) is 0 Å². The second-order valence-electron chi connectivity index (χ2n) is 4.73. The minimum Gasteiger partial charge on any atom is -0.345 e. The summed E-state index contributed by atoms with van der Waals surface area (Å²) in [6, 6.07) is 0.586. The Bertz CT molecular complexity index is 427. The number of carbonyl (C=O) groups is 1. The zero-order chi connectivity index (χ0) is 11.1. The number of anilines is 1. The maximum Gasteiger partial charge on any atom is 0.186 e. The van der Waals surface area contributed by atoms with Crippen molar-refractivity contribution < 1.29 is 4.79 Å². The molecule has 0 aromatic carbocycles. The van der Waals surface area contributed by atoms with Crippen LogP contribution in [0.1, 0.15) is 48.0 Å². The van der Waals surface area contributed by atoms with Crippen LogP contribution >= 0.6 is 11.3 Å². The van der Waals surface area contributed by atoms with Gasteiger partial charge in [-0.2, -0.15) is 0 Å². The first-order chi connectivity index (χ1) is 7.75. The predicted octanol–water partition coefficient (Wildman–Crippen LogP) is 2.65. The summed E-state index contributed by atoms with van der Waals surface area (Å²) < 4.78 is 0. The van der Waals surface area contributed by atoms with Gasteiger partial charge in [-0.3, -0.25) is 4.79 Å². The number of rotatable bonds is 1. The SMILES string of the molecule is CC1CCCN1c1nc2c(s1)C(=O)CCC2. The van der Waals surface area contributed by atoms with Gasteiger partial charge in [0.2, 0.25) is 0 Å². The van der Waals surface area contributed by atoms with E-state index in [1.165, 1.54) is 12.8 Å². The fourth-order valence-electron chi connectivity index (χ4n) is 2.60. The molecule has 1 fully saturated rings. The molecule has 1 atom stereocenters. The number of nitrogens with zero attached hydrogens (tertiary/aromatic N) is 2. The van der Waals surface area contributed by atoms with Gasteiger partial charge in [-0.1, -0.05) is 11.3 Å². The highest BCUT2D eigenvalue weighted by Crippen LogP contribution is 2.34. The molecular formula is C12H16N2OS. The lowest BCUT2D eigenvalue weighted by molar-refractivity contribution is 0.0976. The monoisotopic (exact) mass is 236 g/mol. The van der Waals surface area contributed by atoms with Gasteiger partial charge >= 0.3 is 0 Å². The number of Topliss-reactive ketones (excluding diaryl/α,β-unsaturated/α-hetero) is 1. The van der Waals surface area contributed by atoms with Crippen molar-refractivity contribution in [2.24, 2.45) is 0 Å². The molecule has 1 saturated heterocycles. The molecule has 3 nitrogen and oxygen atoms in total. The zero-order valence-corrected chi connectivity index (χ0v) is 10.3. The molecule has 0 N–H and O–H groups in total. The molecule has 4 heteroatoms. The van der Waals surface area contributed by atoms with E-state index in [0.29, 0.717) is 18.2 Å². The number of aromatic nitrogens is 1. The average molecular weight is 236 g/mol. The van der Waals surface area contributed by atoms with Crippen LogP contribution in [-0.2, 0) is 6.42 Å². The lowest BCUT2D eigenvalue weighted by atomic mass is 10.0. The molecule has 0 saturated carbocycles. The van der Waals surface area contributed by atoms with E-state index in [1.54, 1.807) is 11.3 Å². The Morgan fingerprint density at radius 2 is 2.25 bits per heavy atom. The van der Waals surface area contributed by atoms with Crippen LogP contribution in [-0.4, -0.2) is 23.4 Å². The molecule has 3 rings (SSSR count). The smallest absolute Gasteiger partial charge is 0.186 e. The second kappa shape index (κ2) is 3.84. The Kier molecular flexibility index (Phi) is 2.46. The maximum absolute atomic E-state index is 11.7. The summed E-state index contributed by atoms with van der Waals surface area (Å²) in [5, 5.41) is 1.07. The van der Waals surface area contributed by atoms with Crippen molar-refractivity contribution >= 4 is 22.3 Å². The standard InChI is InChI=1S/C12H16N2OS/c1-8-4-3-7-14(8)12-13-9-5-2-6-10(15)11(9)16-12/h8H,2-7H2,1H3. The van der Waals surface area contributed by atoms with Crippen LogP contribution in [0.5, 0.6) is 0 Å². The van der Waals surface area contributed by atoms with Crippen LogP contribution in [0.2, 0.25) is 0 Å². The number of aryl methyl sites for hydroxylation is 1. The van der Waals surface area contributed by atoms with Crippen LogP contribution in [0.3, 0.4) is 0 Å². The summed E-state index contributed by atoms with van der Waals surface area (Å²) in [5.41, 5.74) is 1.05. The summed E-state index contributed by atoms with van der Waals surface area (Å²) in [4.78, 5) is 19.7. The molecule has 2 aliphatic rings. The molecular weight excluding hydrogens is 220 g/mol. The Morgan fingerprint density at radius 3 is 2.94 bits per heavy atom. The largest absolute Gasteiger partial charge is 0.345 e. The third kappa shape index (κ3) is 1.56. The fraction of sp³-hybridized carbons (Fsp3) is 0.667. The molecule has 16 heavy (non-hydrogen) atoms. The van der Waals surface area contributed by atoms with Crippen LogP contribution in [0.25, 0.3) is 0 Å². The number of fused-ring (bicyclic) bond motifs is 1. The predicted molar refractivity (Wildman–Crippen MR) is 65.4 cm³/mol. The van der Waals surface area contributed by atoms with Crippen molar-refractivity contribution in [3.8, 4) is 0 Å². The molecule has 2 heterocycles. The van der Waals surface area contributed by atoms with Crippen molar-refractivity contribution in [1.82, 2.24) is 4.98 Å². The van der Waals surface area contributed by atoms with Crippen molar-refractivity contribution in [2.75, 3.05) is 11.4 Å². The summed E-state index contributed by atoms with van der Waals surface area (Å²) >= 11 is 1.61. The van der Waals surface area contributed by atoms with Gasteiger partial charge in [-0.05, 0) is 32.6 Å². The molecule has 86 valence electrons. The average Bonchev–Trinajstić information content (AvgIpc) is 2.84. The highest BCUT2D eigenvalue weighted by molar-refractivity contribution is 7.17. The summed E-state index contributed by atoms with van der Waals surface area (Å²) in [6.45, 7) is 3.34. The molecule has 1 aromatic heterocycles. The van der Waals surface area contributed by atoms with Crippen molar-refractivity contribution in [3.63, 3.8) is 0 Å². The topological polar surface area (TPSA) is 33.2 Å². The van der Waals surface area contributed by atoms with Crippen LogP contribution in [0, 0.1) is 0 Å². The van der Waals surface area contributed by atoms with Gasteiger partial charge in [0, 0.05) is 19.0 Å². The summed E-state index contributed by atoms with van der Waals surface area (Å²) in [7, 11) is 0. The first-order valence-corrected chi connectivity index (χ1v) is 6.87. The quantitative estimate of drug-likeness (QED) is 0.751. The van der Waals surface area contributed by atoms with E-state index in [4.69, 9.17) is 0 Å². The Balaban J connectivity index is 1.94. The van der Waals surface area contributed by atoms with Crippen LogP contribution < -0.4 is 4.90 Å². The Hall–Kier alpha value is -0.900. The third-order valence-corrected chi connectivity index (χ3v) is 4.73. The normalized spacial score (nSPS) is 24.9. The number of ketones is 1. The van der Waals surface area contributed by atoms with E-state index in [2.05, 4.69) is 16.8 Å². The summed E-state index contributed by atoms with van der Waals surface area (Å²) in [6.07, 6.45) is 5.17. The van der Waals surface area contributed by atoms with E-state index >= 15 is 0 Å². The van der Waals surface area contributed by atoms with Crippen molar-refractivity contribution in [1.29, 1.82) is 0 Å². The maximum atomic E-state index is 11.7. The van der Waals surface area contributed by atoms with E-state index in [9.17, 15) is 4.79 Å². The molecule has 0 bridgehead atoms. The Labute approximate surface area is 99.5 Å². The van der Waals surface area contributed by atoms with E-state index in [-0.39, 0.29) is 0 Å². The van der Waals surface area contributed by atoms with Gasteiger partial charge < -0.3 is 4.90 Å². The number of carbonyl (C=O) groups excluding carboxylic acids is 1. The first-order valence-electron chi connectivity index (χ1n) is 6.05. The number of hydrogen-bond acceptors (Lipinski definition) is 4. The summed E-state index contributed by atoms with van der Waals surface area (Å²) in [5.74, 6) is 0.303. The molecule has 1 aliphatic heterocycles. The fourth-order valence-corrected chi connectivity index (χ4v) is 3.81. The van der Waals surface area contributed by atoms with Gasteiger partial charge in [-0.25, -0.2) is 4.98 Å². The van der Waals surface area contributed by atoms with Gasteiger partial charge in [0.15, 0.2) is 10.9 Å². The van der Waals surface area contributed by atoms with Gasteiger partial charge in [0.1, 0.15) is 0 Å². The lowest BCUT2D eigenvalue weighted by Gasteiger charge is -2.19. The van der Waals surface area contributed by atoms with Crippen molar-refractivity contribution in [2.45, 2.75) is 45.1 Å². The van der Waals surface area contributed by atoms with Gasteiger partial charge in [-0.15, -0.1) is 0 Å². The first kappa shape index (κ1) is 10.3. The highest BCUT2D eigenvalue weighted by atomic mass is 32.1. The third-order valence-electron chi connectivity index (χ3n) is 3.56. The van der Waals surface area contributed by atoms with Crippen LogP contribution in [0.15, 0.2) is 0 Å². The second-order valence-corrected chi connectivity index (χ2v) is 5.71. The molecule has 1 aromatic rings. The highest BCUT2D eigenvalue weighted by Gasteiger charge is 2.27. The van der Waals surface area contributed by atoms with Gasteiger partial charge in [0.05, 0.1) is 10.6 Å². The van der Waals surface area contributed by atoms with E-state index in [0.717, 1.165) is 35.1 Å². The molecule has 0 amide bonds. The minimum absolute atomic E-state index is 0.303. The molecule has 0 radical (unpaired) electrons. The lowest BCUT2D eigenvalue weighted by Crippen LogP contribution is -2.25. The molecule has 1 unspecified atom stereocenters. The molecule has 0 spiro atoms. The Morgan fingerprint density at radius 1 is 1.38 bits per heavy atom. The number of thiazole rings is 1.